The molecule has 10 heteroatoms. The molecular formula is C22H22N6O3S. The van der Waals surface area contributed by atoms with Gasteiger partial charge in [-0.05, 0) is 49.2 Å². The maximum Gasteiger partial charge on any atom is 0.203 e. The van der Waals surface area contributed by atoms with E-state index in [1.54, 1.807) is 4.68 Å². The molecule has 4 aromatic rings. The number of fused-ring (bicyclic) bond motifs is 1. The lowest BCUT2D eigenvalue weighted by molar-refractivity contribution is 0.263. The molecule has 1 saturated heterocycles. The molecule has 0 saturated carbocycles. The van der Waals surface area contributed by atoms with Gasteiger partial charge in [-0.15, -0.1) is 0 Å². The second kappa shape index (κ2) is 8.56. The quantitative estimate of drug-likeness (QED) is 0.449. The van der Waals surface area contributed by atoms with E-state index in [2.05, 4.69) is 9.97 Å². The topological polar surface area (TPSA) is 116 Å². The number of nitrogen functional groups attached to an aromatic ring is 1. The van der Waals surface area contributed by atoms with Gasteiger partial charge in [-0.1, -0.05) is 18.2 Å². The molecule has 1 fully saturated rings. The molecular weight excluding hydrogens is 428 g/mol. The Labute approximate surface area is 186 Å². The number of rotatable bonds is 5. The minimum Gasteiger partial charge on any atom is -0.457 e. The van der Waals surface area contributed by atoms with Crippen molar-refractivity contribution in [3.8, 4) is 22.8 Å². The maximum atomic E-state index is 11.5. The van der Waals surface area contributed by atoms with E-state index in [1.165, 1.54) is 10.6 Å². The lowest BCUT2D eigenvalue weighted by atomic mass is 10.1. The zero-order valence-electron chi connectivity index (χ0n) is 17.2. The van der Waals surface area contributed by atoms with Crippen molar-refractivity contribution < 1.29 is 13.2 Å². The van der Waals surface area contributed by atoms with Gasteiger partial charge in [0.15, 0.2) is 5.65 Å². The number of piperidine rings is 1. The highest BCUT2D eigenvalue weighted by molar-refractivity contribution is 7.69. The van der Waals surface area contributed by atoms with Crippen molar-refractivity contribution in [1.82, 2.24) is 24.1 Å². The Kier molecular flexibility index (Phi) is 5.46. The number of thiol groups is 1. The van der Waals surface area contributed by atoms with Gasteiger partial charge in [-0.2, -0.15) is 5.10 Å². The van der Waals surface area contributed by atoms with Crippen molar-refractivity contribution in [3.63, 3.8) is 0 Å². The maximum absolute atomic E-state index is 11.5. The molecule has 5 rings (SSSR count). The lowest BCUT2D eigenvalue weighted by Crippen LogP contribution is -2.35. The molecule has 164 valence electrons. The standard InChI is InChI=1S/C22H22N6O3S/c23-21-19-20(15-8-10-18(11-9-15)31-17-6-2-1-3-7-17)26-28(22(19)25-14-24-21)16-5-4-12-27(13-16)32(29)30/h1-3,6-11,14,16,32H,4-5,12-13H2,(H2,23,24,25). The number of anilines is 1. The minimum atomic E-state index is -2.63. The monoisotopic (exact) mass is 450 g/mol. The second-order valence-corrected chi connectivity index (χ2v) is 8.68. The second-order valence-electron chi connectivity index (χ2n) is 7.64. The summed E-state index contributed by atoms with van der Waals surface area (Å²) in [5.74, 6) is 1.80. The Morgan fingerprint density at radius 1 is 1.00 bits per heavy atom. The molecule has 2 N–H and O–H groups in total. The van der Waals surface area contributed by atoms with Crippen LogP contribution >= 0.6 is 0 Å². The highest BCUT2D eigenvalue weighted by Crippen LogP contribution is 2.34. The van der Waals surface area contributed by atoms with Crippen LogP contribution in [0.3, 0.4) is 0 Å². The van der Waals surface area contributed by atoms with E-state index in [0.717, 1.165) is 24.2 Å². The summed E-state index contributed by atoms with van der Waals surface area (Å²) in [5.41, 5.74) is 8.32. The molecule has 0 bridgehead atoms. The van der Waals surface area contributed by atoms with Crippen LogP contribution in [0, 0.1) is 0 Å². The van der Waals surface area contributed by atoms with Crippen LogP contribution in [-0.2, 0) is 10.9 Å². The summed E-state index contributed by atoms with van der Waals surface area (Å²) in [5, 5.41) is 5.48. The number of benzene rings is 2. The first-order chi connectivity index (χ1) is 15.6. The van der Waals surface area contributed by atoms with Crippen molar-refractivity contribution in [2.24, 2.45) is 0 Å². The molecule has 1 atom stereocenters. The van der Waals surface area contributed by atoms with Crippen molar-refractivity contribution in [2.45, 2.75) is 18.9 Å². The number of hydrogen-bond donors (Lipinski definition) is 2. The van der Waals surface area contributed by atoms with Gasteiger partial charge in [0.05, 0.1) is 11.4 Å². The van der Waals surface area contributed by atoms with E-state index < -0.39 is 10.9 Å². The first kappa shape index (κ1) is 20.4. The summed E-state index contributed by atoms with van der Waals surface area (Å²) in [6, 6.07) is 17.0. The number of nitrogens with two attached hydrogens (primary N) is 1. The molecule has 0 spiro atoms. The van der Waals surface area contributed by atoms with E-state index in [1.807, 2.05) is 54.6 Å². The predicted octanol–water partition coefficient (Wildman–Crippen LogP) is 3.03. The van der Waals surface area contributed by atoms with Crippen LogP contribution in [0.4, 0.5) is 5.82 Å². The van der Waals surface area contributed by atoms with Gasteiger partial charge in [-0.3, -0.25) is 0 Å². The lowest BCUT2D eigenvalue weighted by Gasteiger charge is -2.28. The normalized spacial score (nSPS) is 17.1. The third-order valence-electron chi connectivity index (χ3n) is 5.58. The van der Waals surface area contributed by atoms with E-state index in [4.69, 9.17) is 15.6 Å². The van der Waals surface area contributed by atoms with Gasteiger partial charge in [0, 0.05) is 18.7 Å². The highest BCUT2D eigenvalue weighted by Gasteiger charge is 2.27. The number of hydrogen-bond acceptors (Lipinski definition) is 7. The predicted molar refractivity (Wildman–Crippen MR) is 122 cm³/mol. The molecule has 2 aromatic carbocycles. The first-order valence-corrected chi connectivity index (χ1v) is 11.4. The summed E-state index contributed by atoms with van der Waals surface area (Å²) in [6.45, 7) is 0.893. The molecule has 0 amide bonds. The third kappa shape index (κ3) is 3.90. The number of nitrogens with zero attached hydrogens (tertiary/aromatic N) is 5. The third-order valence-corrected chi connectivity index (χ3v) is 6.40. The van der Waals surface area contributed by atoms with Crippen molar-refractivity contribution >= 4 is 27.7 Å². The zero-order chi connectivity index (χ0) is 22.1. The van der Waals surface area contributed by atoms with E-state index >= 15 is 0 Å². The minimum absolute atomic E-state index is 0.122. The molecule has 1 aliphatic rings. The van der Waals surface area contributed by atoms with Gasteiger partial charge in [0.1, 0.15) is 29.3 Å². The van der Waals surface area contributed by atoms with Gasteiger partial charge in [0.25, 0.3) is 0 Å². The molecule has 3 heterocycles. The van der Waals surface area contributed by atoms with E-state index in [9.17, 15) is 8.42 Å². The van der Waals surface area contributed by atoms with Crippen molar-refractivity contribution in [1.29, 1.82) is 0 Å². The van der Waals surface area contributed by atoms with Crippen LogP contribution in [-0.4, -0.2) is 45.6 Å². The summed E-state index contributed by atoms with van der Waals surface area (Å²) < 4.78 is 32.2. The van der Waals surface area contributed by atoms with Crippen molar-refractivity contribution in [3.05, 3.63) is 60.9 Å². The molecule has 9 nitrogen and oxygen atoms in total. The fourth-order valence-corrected chi connectivity index (χ4v) is 4.67. The highest BCUT2D eigenvalue weighted by atomic mass is 32.2. The van der Waals surface area contributed by atoms with E-state index in [-0.39, 0.29) is 6.04 Å². The first-order valence-electron chi connectivity index (χ1n) is 10.3. The average Bonchev–Trinajstić information content (AvgIpc) is 3.21. The molecule has 1 unspecified atom stereocenters. The molecule has 1 aliphatic heterocycles. The molecule has 32 heavy (non-hydrogen) atoms. The Bertz CT molecular complexity index is 1310. The Balaban J connectivity index is 1.52. The number of aromatic nitrogens is 4. The van der Waals surface area contributed by atoms with Crippen LogP contribution in [0.2, 0.25) is 0 Å². The number of ether oxygens (including phenoxy) is 1. The van der Waals surface area contributed by atoms with Crippen LogP contribution < -0.4 is 10.5 Å². The summed E-state index contributed by atoms with van der Waals surface area (Å²) >= 11 is 0. The van der Waals surface area contributed by atoms with Gasteiger partial charge < -0.3 is 10.5 Å². The van der Waals surface area contributed by atoms with Gasteiger partial charge in [-0.25, -0.2) is 27.4 Å². The van der Waals surface area contributed by atoms with Crippen LogP contribution in [0.1, 0.15) is 18.9 Å². The molecule has 0 radical (unpaired) electrons. The SMILES string of the molecule is Nc1ncnc2c1c(-c1ccc(Oc3ccccc3)cc1)nn2C1CCCN([SH](=O)=O)C1. The largest absolute Gasteiger partial charge is 0.457 e. The van der Waals surface area contributed by atoms with Crippen LogP contribution in [0.5, 0.6) is 11.5 Å². The fourth-order valence-electron chi connectivity index (χ4n) is 4.04. The summed E-state index contributed by atoms with van der Waals surface area (Å²) in [4.78, 5) is 8.57. The van der Waals surface area contributed by atoms with Crippen LogP contribution in [0.15, 0.2) is 60.9 Å². The fraction of sp³-hybridized carbons (Fsp3) is 0.227. The summed E-state index contributed by atoms with van der Waals surface area (Å²) in [7, 11) is -2.63. The Morgan fingerprint density at radius 2 is 1.75 bits per heavy atom. The molecule has 2 aromatic heterocycles. The van der Waals surface area contributed by atoms with Crippen molar-refractivity contribution in [2.75, 3.05) is 18.8 Å². The van der Waals surface area contributed by atoms with Gasteiger partial charge in [0.2, 0.25) is 10.9 Å². The Morgan fingerprint density at radius 3 is 2.50 bits per heavy atom. The number of para-hydroxylation sites is 1. The average molecular weight is 451 g/mol. The zero-order valence-corrected chi connectivity index (χ0v) is 18.1. The van der Waals surface area contributed by atoms with E-state index in [0.29, 0.717) is 41.4 Å². The summed E-state index contributed by atoms with van der Waals surface area (Å²) in [6.07, 6.45) is 2.98. The molecule has 0 aliphatic carbocycles. The van der Waals surface area contributed by atoms with Gasteiger partial charge >= 0.3 is 0 Å². The van der Waals surface area contributed by atoms with Crippen LogP contribution in [0.25, 0.3) is 22.3 Å². The Hall–Kier alpha value is -3.50. The smallest absolute Gasteiger partial charge is 0.203 e.